The Labute approximate surface area is 101 Å². The minimum atomic E-state index is -2.89. The summed E-state index contributed by atoms with van der Waals surface area (Å²) in [5.41, 5.74) is 2.23. The number of anilines is 1. The van der Waals surface area contributed by atoms with Crippen molar-refractivity contribution in [3.63, 3.8) is 0 Å². The molecule has 1 saturated heterocycles. The van der Waals surface area contributed by atoms with Crippen LogP contribution in [0.15, 0.2) is 18.2 Å². The van der Waals surface area contributed by atoms with Crippen LogP contribution in [0.4, 0.5) is 5.69 Å². The maximum atomic E-state index is 11.3. The van der Waals surface area contributed by atoms with Gasteiger partial charge in [0, 0.05) is 6.04 Å². The number of hydrogen-bond donors (Lipinski definition) is 1. The fourth-order valence-corrected chi connectivity index (χ4v) is 3.74. The maximum absolute atomic E-state index is 11.3. The summed E-state index contributed by atoms with van der Waals surface area (Å²) in [7, 11) is -2.89. The normalized spacial score (nSPS) is 22.0. The van der Waals surface area contributed by atoms with Gasteiger partial charge in [0.1, 0.15) is 6.07 Å². The molecule has 0 spiro atoms. The molecule has 0 saturated carbocycles. The van der Waals surface area contributed by atoms with E-state index in [9.17, 15) is 8.42 Å². The van der Waals surface area contributed by atoms with E-state index in [1.54, 1.807) is 0 Å². The molecule has 1 aliphatic rings. The van der Waals surface area contributed by atoms with Gasteiger partial charge in [0.25, 0.3) is 0 Å². The lowest BCUT2D eigenvalue weighted by Crippen LogP contribution is -2.21. The van der Waals surface area contributed by atoms with Gasteiger partial charge in [0.15, 0.2) is 9.84 Å². The van der Waals surface area contributed by atoms with Crippen molar-refractivity contribution >= 4 is 15.5 Å². The lowest BCUT2D eigenvalue weighted by Gasteiger charge is -2.14. The van der Waals surface area contributed by atoms with Crippen LogP contribution in [0.3, 0.4) is 0 Å². The first-order chi connectivity index (χ1) is 8.02. The lowest BCUT2D eigenvalue weighted by atomic mass is 10.1. The van der Waals surface area contributed by atoms with E-state index in [1.807, 2.05) is 25.1 Å². The molecule has 17 heavy (non-hydrogen) atoms. The van der Waals surface area contributed by atoms with E-state index in [2.05, 4.69) is 11.4 Å². The molecular formula is C12H14N2O2S. The maximum Gasteiger partial charge on any atom is 0.152 e. The molecule has 0 radical (unpaired) electrons. The first-order valence-corrected chi connectivity index (χ1v) is 7.30. The van der Waals surface area contributed by atoms with Gasteiger partial charge in [-0.15, -0.1) is 0 Å². The van der Waals surface area contributed by atoms with Crippen molar-refractivity contribution in [2.75, 3.05) is 16.8 Å². The van der Waals surface area contributed by atoms with Crippen LogP contribution >= 0.6 is 0 Å². The fraction of sp³-hybridized carbons (Fsp3) is 0.417. The van der Waals surface area contributed by atoms with Gasteiger partial charge in [-0.2, -0.15) is 5.26 Å². The topological polar surface area (TPSA) is 70.0 Å². The summed E-state index contributed by atoms with van der Waals surface area (Å²) in [4.78, 5) is 0. The predicted molar refractivity (Wildman–Crippen MR) is 66.6 cm³/mol. The van der Waals surface area contributed by atoms with Crippen LogP contribution in [0.5, 0.6) is 0 Å². The molecule has 0 amide bonds. The van der Waals surface area contributed by atoms with Crippen molar-refractivity contribution in [2.24, 2.45) is 0 Å². The second-order valence-corrected chi connectivity index (χ2v) is 6.58. The zero-order valence-electron chi connectivity index (χ0n) is 9.60. The third-order valence-corrected chi connectivity index (χ3v) is 4.74. The summed E-state index contributed by atoms with van der Waals surface area (Å²) >= 11 is 0. The Kier molecular flexibility index (Phi) is 3.07. The second-order valence-electron chi connectivity index (χ2n) is 4.35. The third-order valence-electron chi connectivity index (χ3n) is 2.98. The van der Waals surface area contributed by atoms with Crippen LogP contribution in [0, 0.1) is 18.3 Å². The molecule has 90 valence electrons. The van der Waals surface area contributed by atoms with Crippen LogP contribution in [0.2, 0.25) is 0 Å². The lowest BCUT2D eigenvalue weighted by molar-refractivity contribution is 0.602. The van der Waals surface area contributed by atoms with E-state index >= 15 is 0 Å². The molecule has 0 aliphatic carbocycles. The van der Waals surface area contributed by atoms with Crippen molar-refractivity contribution in [3.8, 4) is 6.07 Å². The molecule has 2 rings (SSSR count). The largest absolute Gasteiger partial charge is 0.380 e. The molecule has 0 aromatic heterocycles. The van der Waals surface area contributed by atoms with E-state index in [-0.39, 0.29) is 17.5 Å². The Morgan fingerprint density at radius 1 is 1.47 bits per heavy atom. The predicted octanol–water partition coefficient (Wildman–Crippen LogP) is 1.47. The first kappa shape index (κ1) is 11.9. The van der Waals surface area contributed by atoms with Crippen molar-refractivity contribution in [2.45, 2.75) is 19.4 Å². The van der Waals surface area contributed by atoms with E-state index in [0.29, 0.717) is 12.0 Å². The summed E-state index contributed by atoms with van der Waals surface area (Å²) in [6.07, 6.45) is 0.612. The van der Waals surface area contributed by atoms with Gasteiger partial charge >= 0.3 is 0 Å². The molecule has 1 aromatic carbocycles. The zero-order valence-corrected chi connectivity index (χ0v) is 10.4. The second kappa shape index (κ2) is 4.38. The quantitative estimate of drug-likeness (QED) is 0.862. The van der Waals surface area contributed by atoms with Gasteiger partial charge in [-0.25, -0.2) is 8.42 Å². The number of nitriles is 1. The Morgan fingerprint density at radius 3 is 2.82 bits per heavy atom. The van der Waals surface area contributed by atoms with Gasteiger partial charge < -0.3 is 5.32 Å². The van der Waals surface area contributed by atoms with Gasteiger partial charge in [-0.3, -0.25) is 0 Å². The molecule has 5 heteroatoms. The summed E-state index contributed by atoms with van der Waals surface area (Å²) < 4.78 is 22.7. The number of benzene rings is 1. The molecule has 4 nitrogen and oxygen atoms in total. The third kappa shape index (κ3) is 2.59. The number of hydrogen-bond acceptors (Lipinski definition) is 4. The molecule has 1 atom stereocenters. The zero-order chi connectivity index (χ0) is 12.5. The number of sulfone groups is 1. The van der Waals surface area contributed by atoms with Crippen LogP contribution in [-0.2, 0) is 9.84 Å². The van der Waals surface area contributed by atoms with Gasteiger partial charge in [0.2, 0.25) is 0 Å². The Morgan fingerprint density at radius 2 is 2.24 bits per heavy atom. The molecule has 1 fully saturated rings. The van der Waals surface area contributed by atoms with Crippen LogP contribution < -0.4 is 5.32 Å². The highest BCUT2D eigenvalue weighted by atomic mass is 32.2. The van der Waals surface area contributed by atoms with E-state index in [1.165, 1.54) is 0 Å². The Bertz CT molecular complexity index is 573. The van der Waals surface area contributed by atoms with Crippen LogP contribution in [-0.4, -0.2) is 26.0 Å². The SMILES string of the molecule is Cc1cccc(NC2CCS(=O)(=O)C2)c1C#N. The number of nitrogens with zero attached hydrogens (tertiary/aromatic N) is 1. The fourth-order valence-electron chi connectivity index (χ4n) is 2.07. The number of aryl methyl sites for hydroxylation is 1. The number of nitrogens with one attached hydrogen (secondary N) is 1. The van der Waals surface area contributed by atoms with Crippen molar-refractivity contribution in [1.82, 2.24) is 0 Å². The van der Waals surface area contributed by atoms with Gasteiger partial charge in [-0.05, 0) is 25.0 Å². The average Bonchev–Trinajstić information content (AvgIpc) is 2.58. The summed E-state index contributed by atoms with van der Waals surface area (Å²) in [5, 5.41) is 12.2. The molecule has 1 N–H and O–H groups in total. The molecular weight excluding hydrogens is 236 g/mol. The van der Waals surface area contributed by atoms with E-state index in [4.69, 9.17) is 5.26 Å². The van der Waals surface area contributed by atoms with E-state index in [0.717, 1.165) is 11.3 Å². The first-order valence-electron chi connectivity index (χ1n) is 5.48. The molecule has 0 bridgehead atoms. The van der Waals surface area contributed by atoms with E-state index < -0.39 is 9.84 Å². The average molecular weight is 250 g/mol. The molecule has 1 aliphatic heterocycles. The minimum absolute atomic E-state index is 0.0751. The highest BCUT2D eigenvalue weighted by Crippen LogP contribution is 2.22. The smallest absolute Gasteiger partial charge is 0.152 e. The molecule has 1 aromatic rings. The minimum Gasteiger partial charge on any atom is -0.380 e. The summed E-state index contributed by atoms with van der Waals surface area (Å²) in [5.74, 6) is 0.393. The summed E-state index contributed by atoms with van der Waals surface area (Å²) in [6.45, 7) is 1.87. The van der Waals surface area contributed by atoms with Gasteiger partial charge in [-0.1, -0.05) is 12.1 Å². The highest BCUT2D eigenvalue weighted by molar-refractivity contribution is 7.91. The van der Waals surface area contributed by atoms with Gasteiger partial charge in [0.05, 0.1) is 22.8 Å². The van der Waals surface area contributed by atoms with Crippen LogP contribution in [0.1, 0.15) is 17.5 Å². The van der Waals surface area contributed by atoms with Crippen molar-refractivity contribution in [1.29, 1.82) is 5.26 Å². The molecule has 1 heterocycles. The van der Waals surface area contributed by atoms with Crippen LogP contribution in [0.25, 0.3) is 0 Å². The molecule has 1 unspecified atom stereocenters. The Hall–Kier alpha value is -1.54. The summed E-state index contributed by atoms with van der Waals surface area (Å²) in [6, 6.07) is 7.62. The number of rotatable bonds is 2. The Balaban J connectivity index is 2.21. The monoisotopic (exact) mass is 250 g/mol. The highest BCUT2D eigenvalue weighted by Gasteiger charge is 2.28. The standard InChI is InChI=1S/C12H14N2O2S/c1-9-3-2-4-12(11(9)7-13)14-10-5-6-17(15,16)8-10/h2-4,10,14H,5-6,8H2,1H3. The van der Waals surface area contributed by atoms with Crippen molar-refractivity contribution < 1.29 is 8.42 Å². The van der Waals surface area contributed by atoms with Crippen molar-refractivity contribution in [3.05, 3.63) is 29.3 Å².